The van der Waals surface area contributed by atoms with Crippen molar-refractivity contribution in [1.29, 1.82) is 0 Å². The van der Waals surface area contributed by atoms with Crippen LogP contribution < -0.4 is 10.1 Å². The van der Waals surface area contributed by atoms with Crippen molar-refractivity contribution in [2.45, 2.75) is 38.0 Å². The van der Waals surface area contributed by atoms with Crippen molar-refractivity contribution in [3.05, 3.63) is 68.8 Å². The third-order valence-electron chi connectivity index (χ3n) is 5.22. The standard InChI is InChI=1S/C22H20ClN3O4S/c23-19-12-15(25-22(27)30-17-9-7-16(8-10-17)26(28)29)6-11-18(19)20-13-24-21(31-20)14-4-2-1-3-5-14/h6-14H,1-5H2,(H,25,27). The topological polar surface area (TPSA) is 94.4 Å². The Morgan fingerprint density at radius 2 is 1.90 bits per heavy atom. The van der Waals surface area contributed by atoms with Gasteiger partial charge in [-0.3, -0.25) is 15.4 Å². The molecule has 9 heteroatoms. The van der Waals surface area contributed by atoms with Gasteiger partial charge in [-0.05, 0) is 43.2 Å². The highest BCUT2D eigenvalue weighted by Gasteiger charge is 2.20. The first-order chi connectivity index (χ1) is 15.0. The quantitative estimate of drug-likeness (QED) is 0.327. The molecule has 160 valence electrons. The molecule has 1 N–H and O–H groups in total. The number of amides is 1. The Balaban J connectivity index is 1.41. The molecular weight excluding hydrogens is 438 g/mol. The molecule has 1 heterocycles. The summed E-state index contributed by atoms with van der Waals surface area (Å²) >= 11 is 8.15. The molecule has 0 bridgehead atoms. The van der Waals surface area contributed by atoms with Gasteiger partial charge in [0, 0.05) is 35.5 Å². The molecule has 0 radical (unpaired) electrons. The van der Waals surface area contributed by atoms with E-state index in [4.69, 9.17) is 16.3 Å². The second kappa shape index (κ2) is 9.45. The summed E-state index contributed by atoms with van der Waals surface area (Å²) in [6, 6.07) is 10.5. The van der Waals surface area contributed by atoms with E-state index in [0.717, 1.165) is 10.4 Å². The highest BCUT2D eigenvalue weighted by atomic mass is 35.5. The zero-order valence-electron chi connectivity index (χ0n) is 16.5. The van der Waals surface area contributed by atoms with Crippen LogP contribution in [0.25, 0.3) is 10.4 Å². The monoisotopic (exact) mass is 457 g/mol. The number of hydrogen-bond acceptors (Lipinski definition) is 6. The number of anilines is 1. The zero-order valence-corrected chi connectivity index (χ0v) is 18.1. The molecule has 7 nitrogen and oxygen atoms in total. The number of aromatic nitrogens is 1. The molecule has 4 rings (SSSR count). The van der Waals surface area contributed by atoms with Gasteiger partial charge in [-0.25, -0.2) is 9.78 Å². The number of carbonyl (C=O) groups excluding carboxylic acids is 1. The molecule has 0 unspecified atom stereocenters. The number of nitro benzene ring substituents is 1. The Morgan fingerprint density at radius 1 is 1.16 bits per heavy atom. The minimum Gasteiger partial charge on any atom is -0.410 e. The molecule has 0 aliphatic heterocycles. The highest BCUT2D eigenvalue weighted by molar-refractivity contribution is 7.15. The Morgan fingerprint density at radius 3 is 2.58 bits per heavy atom. The van der Waals surface area contributed by atoms with Crippen molar-refractivity contribution in [2.24, 2.45) is 0 Å². The number of nitrogens with one attached hydrogen (secondary N) is 1. The largest absolute Gasteiger partial charge is 0.417 e. The van der Waals surface area contributed by atoms with Crippen molar-refractivity contribution in [1.82, 2.24) is 4.98 Å². The minimum absolute atomic E-state index is 0.0789. The van der Waals surface area contributed by atoms with E-state index in [1.54, 1.807) is 23.5 Å². The second-order valence-corrected chi connectivity index (χ2v) is 8.83. The SMILES string of the molecule is O=C(Nc1ccc(-c2cnc(C3CCCCC3)s2)c(Cl)c1)Oc1ccc([N+](=O)[O-])cc1. The molecule has 1 amide bonds. The highest BCUT2D eigenvalue weighted by Crippen LogP contribution is 2.39. The van der Waals surface area contributed by atoms with E-state index in [9.17, 15) is 14.9 Å². The smallest absolute Gasteiger partial charge is 0.410 e. The molecule has 1 saturated carbocycles. The summed E-state index contributed by atoms with van der Waals surface area (Å²) in [6.07, 6.45) is 7.37. The summed E-state index contributed by atoms with van der Waals surface area (Å²) in [5.41, 5.74) is 1.28. The van der Waals surface area contributed by atoms with Crippen LogP contribution in [0.1, 0.15) is 43.0 Å². The van der Waals surface area contributed by atoms with E-state index in [-0.39, 0.29) is 11.4 Å². The molecule has 2 aromatic carbocycles. The molecule has 31 heavy (non-hydrogen) atoms. The summed E-state index contributed by atoms with van der Waals surface area (Å²) < 4.78 is 5.15. The number of carbonyl (C=O) groups is 1. The number of non-ortho nitro benzene ring substituents is 1. The van der Waals surface area contributed by atoms with Gasteiger partial charge >= 0.3 is 6.09 Å². The summed E-state index contributed by atoms with van der Waals surface area (Å²) in [4.78, 5) is 27.9. The first kappa shape index (κ1) is 21.3. The van der Waals surface area contributed by atoms with Gasteiger partial charge in [0.15, 0.2) is 0 Å². The van der Waals surface area contributed by atoms with Crippen LogP contribution in [-0.4, -0.2) is 16.0 Å². The lowest BCUT2D eigenvalue weighted by Crippen LogP contribution is -2.16. The number of thiazole rings is 1. The Hall–Kier alpha value is -2.97. The fraction of sp³-hybridized carbons (Fsp3) is 0.273. The number of ether oxygens (including phenoxy) is 1. The van der Waals surface area contributed by atoms with E-state index < -0.39 is 11.0 Å². The normalized spacial score (nSPS) is 14.2. The summed E-state index contributed by atoms with van der Waals surface area (Å²) in [5, 5.41) is 15.0. The van der Waals surface area contributed by atoms with Gasteiger partial charge in [0.05, 0.1) is 19.8 Å². The van der Waals surface area contributed by atoms with Crippen LogP contribution in [0.4, 0.5) is 16.2 Å². The summed E-state index contributed by atoms with van der Waals surface area (Å²) in [6.45, 7) is 0. The Kier molecular flexibility index (Phi) is 6.48. The maximum absolute atomic E-state index is 12.1. The lowest BCUT2D eigenvalue weighted by Gasteiger charge is -2.18. The van der Waals surface area contributed by atoms with Crippen LogP contribution in [-0.2, 0) is 0 Å². The molecule has 1 aromatic heterocycles. The maximum atomic E-state index is 12.1. The number of benzene rings is 2. The van der Waals surface area contributed by atoms with Crippen LogP contribution >= 0.6 is 22.9 Å². The Labute approximate surface area is 188 Å². The Bertz CT molecular complexity index is 1090. The first-order valence-electron chi connectivity index (χ1n) is 9.98. The molecule has 1 aliphatic carbocycles. The summed E-state index contributed by atoms with van der Waals surface area (Å²) in [5.74, 6) is 0.743. The van der Waals surface area contributed by atoms with Crippen molar-refractivity contribution in [3.8, 4) is 16.2 Å². The molecular formula is C22H20ClN3O4S. The van der Waals surface area contributed by atoms with Gasteiger partial charge in [-0.1, -0.05) is 30.9 Å². The first-order valence-corrected chi connectivity index (χ1v) is 11.2. The van der Waals surface area contributed by atoms with Crippen LogP contribution in [0.2, 0.25) is 5.02 Å². The maximum Gasteiger partial charge on any atom is 0.417 e. The number of halogens is 1. The predicted molar refractivity (Wildman–Crippen MR) is 121 cm³/mol. The van der Waals surface area contributed by atoms with Crippen molar-refractivity contribution in [3.63, 3.8) is 0 Å². The van der Waals surface area contributed by atoms with Crippen molar-refractivity contribution in [2.75, 3.05) is 5.32 Å². The van der Waals surface area contributed by atoms with E-state index in [2.05, 4.69) is 10.3 Å². The summed E-state index contributed by atoms with van der Waals surface area (Å²) in [7, 11) is 0. The molecule has 3 aromatic rings. The molecule has 1 aliphatic rings. The third-order valence-corrected chi connectivity index (χ3v) is 6.72. The van der Waals surface area contributed by atoms with Crippen LogP contribution in [0, 0.1) is 10.1 Å². The van der Waals surface area contributed by atoms with E-state index >= 15 is 0 Å². The van der Waals surface area contributed by atoms with E-state index in [1.807, 2.05) is 12.3 Å². The fourth-order valence-electron chi connectivity index (χ4n) is 3.63. The molecule has 0 spiro atoms. The van der Waals surface area contributed by atoms with Gasteiger partial charge in [-0.2, -0.15) is 0 Å². The van der Waals surface area contributed by atoms with Gasteiger partial charge in [0.1, 0.15) is 5.75 Å². The average Bonchev–Trinajstić information content (AvgIpc) is 3.25. The average molecular weight is 458 g/mol. The van der Waals surface area contributed by atoms with Crippen LogP contribution in [0.3, 0.4) is 0 Å². The van der Waals surface area contributed by atoms with Crippen LogP contribution in [0.15, 0.2) is 48.7 Å². The molecule has 1 fully saturated rings. The third kappa shape index (κ3) is 5.21. The molecule has 0 atom stereocenters. The lowest BCUT2D eigenvalue weighted by molar-refractivity contribution is -0.384. The predicted octanol–water partition coefficient (Wildman–Crippen LogP) is 7.03. The minimum atomic E-state index is -0.713. The zero-order chi connectivity index (χ0) is 21.8. The van der Waals surface area contributed by atoms with Crippen molar-refractivity contribution < 1.29 is 14.5 Å². The fourth-order valence-corrected chi connectivity index (χ4v) is 5.09. The lowest BCUT2D eigenvalue weighted by atomic mass is 9.90. The van der Waals surface area contributed by atoms with Crippen LogP contribution in [0.5, 0.6) is 5.75 Å². The number of nitrogens with zero attached hydrogens (tertiary/aromatic N) is 2. The van der Waals surface area contributed by atoms with Gasteiger partial charge < -0.3 is 4.74 Å². The number of rotatable bonds is 5. The molecule has 0 saturated heterocycles. The van der Waals surface area contributed by atoms with E-state index in [0.29, 0.717) is 16.6 Å². The number of hydrogen-bond donors (Lipinski definition) is 1. The van der Waals surface area contributed by atoms with Crippen molar-refractivity contribution >= 4 is 40.4 Å². The van der Waals surface area contributed by atoms with E-state index in [1.165, 1.54) is 61.4 Å². The number of nitro groups is 1. The van der Waals surface area contributed by atoms with Gasteiger partial charge in [0.2, 0.25) is 0 Å². The second-order valence-electron chi connectivity index (χ2n) is 7.36. The van der Waals surface area contributed by atoms with Gasteiger partial charge in [0.25, 0.3) is 5.69 Å². The van der Waals surface area contributed by atoms with Gasteiger partial charge in [-0.15, -0.1) is 11.3 Å².